The lowest BCUT2D eigenvalue weighted by atomic mass is 9.98. The molecular weight excluding hydrogens is 558 g/mol. The third-order valence-electron chi connectivity index (χ3n) is 9.48. The second-order valence-corrected chi connectivity index (χ2v) is 12.0. The fraction of sp³-hybridized carbons (Fsp3) is 0. The van der Waals surface area contributed by atoms with E-state index in [9.17, 15) is 0 Å². The highest BCUT2D eigenvalue weighted by atomic mass is 15.2. The minimum Gasteiger partial charge on any atom is -0.309 e. The molecule has 0 N–H and O–H groups in total. The first-order chi connectivity index (χ1) is 22.8. The second-order valence-electron chi connectivity index (χ2n) is 12.0. The summed E-state index contributed by atoms with van der Waals surface area (Å²) < 4.78 is 2.46. The summed E-state index contributed by atoms with van der Waals surface area (Å²) in [5.74, 6) is 0.931. The highest BCUT2D eigenvalue weighted by Crippen LogP contribution is 2.55. The number of pyridine rings is 1. The molecule has 46 heavy (non-hydrogen) atoms. The molecule has 0 radical (unpaired) electrons. The number of nitrogens with zero attached hydrogens (tertiary/aromatic N) is 3. The molecule has 3 heteroatoms. The summed E-state index contributed by atoms with van der Waals surface area (Å²) in [4.78, 5) is 7.80. The molecule has 214 valence electrons. The molecule has 3 nitrogen and oxygen atoms in total. The number of para-hydroxylation sites is 4. The number of rotatable bonds is 2. The third-order valence-corrected chi connectivity index (χ3v) is 9.48. The van der Waals surface area contributed by atoms with E-state index in [2.05, 4.69) is 173 Å². The summed E-state index contributed by atoms with van der Waals surface area (Å²) >= 11 is 0. The van der Waals surface area contributed by atoms with Crippen LogP contribution in [0.1, 0.15) is 0 Å². The van der Waals surface area contributed by atoms with Gasteiger partial charge in [-0.05, 0) is 52.6 Å². The van der Waals surface area contributed by atoms with E-state index in [1.165, 1.54) is 43.9 Å². The smallest absolute Gasteiger partial charge is 0.146 e. The van der Waals surface area contributed by atoms with Crippen LogP contribution < -0.4 is 4.90 Å². The lowest BCUT2D eigenvalue weighted by Gasteiger charge is -2.28. The summed E-state index contributed by atoms with van der Waals surface area (Å²) in [7, 11) is 0. The maximum Gasteiger partial charge on any atom is 0.146 e. The van der Waals surface area contributed by atoms with E-state index < -0.39 is 0 Å². The maximum absolute atomic E-state index is 5.41. The van der Waals surface area contributed by atoms with Crippen molar-refractivity contribution in [1.82, 2.24) is 9.55 Å². The van der Waals surface area contributed by atoms with Crippen molar-refractivity contribution in [2.45, 2.75) is 0 Å². The van der Waals surface area contributed by atoms with Crippen molar-refractivity contribution < 1.29 is 0 Å². The first-order valence-corrected chi connectivity index (χ1v) is 15.7. The lowest BCUT2D eigenvalue weighted by Crippen LogP contribution is -2.13. The largest absolute Gasteiger partial charge is 0.309 e. The van der Waals surface area contributed by atoms with E-state index in [-0.39, 0.29) is 0 Å². The van der Waals surface area contributed by atoms with Crippen LogP contribution in [0.3, 0.4) is 0 Å². The van der Waals surface area contributed by atoms with E-state index in [1.54, 1.807) is 0 Å². The predicted molar refractivity (Wildman–Crippen MR) is 193 cm³/mol. The highest BCUT2D eigenvalue weighted by Gasteiger charge is 2.32. The number of aromatic nitrogens is 2. The van der Waals surface area contributed by atoms with Gasteiger partial charge in [0.05, 0.1) is 28.1 Å². The van der Waals surface area contributed by atoms with Gasteiger partial charge in [-0.1, -0.05) is 127 Å². The number of hydrogen-bond donors (Lipinski definition) is 0. The molecule has 0 unspecified atom stereocenters. The monoisotopic (exact) mass is 585 g/mol. The number of anilines is 3. The Kier molecular flexibility index (Phi) is 5.28. The third kappa shape index (κ3) is 3.51. The zero-order chi connectivity index (χ0) is 30.2. The summed E-state index contributed by atoms with van der Waals surface area (Å²) in [6.07, 6.45) is 0. The molecule has 1 aliphatic heterocycles. The van der Waals surface area contributed by atoms with Crippen molar-refractivity contribution in [3.63, 3.8) is 0 Å². The Morgan fingerprint density at radius 1 is 0.435 bits per heavy atom. The Balaban J connectivity index is 1.36. The van der Waals surface area contributed by atoms with Gasteiger partial charge in [-0.3, -0.25) is 4.90 Å². The van der Waals surface area contributed by atoms with Crippen LogP contribution in [-0.4, -0.2) is 9.55 Å². The molecule has 0 bridgehead atoms. The fourth-order valence-electron chi connectivity index (χ4n) is 7.52. The predicted octanol–water partition coefficient (Wildman–Crippen LogP) is 11.6. The van der Waals surface area contributed by atoms with Gasteiger partial charge in [0.15, 0.2) is 0 Å². The van der Waals surface area contributed by atoms with Gasteiger partial charge >= 0.3 is 0 Å². The summed E-state index contributed by atoms with van der Waals surface area (Å²) in [5, 5.41) is 7.18. The fourth-order valence-corrected chi connectivity index (χ4v) is 7.52. The Labute approximate surface area is 266 Å². The van der Waals surface area contributed by atoms with Crippen LogP contribution in [0.2, 0.25) is 0 Å². The van der Waals surface area contributed by atoms with E-state index >= 15 is 0 Å². The summed E-state index contributed by atoms with van der Waals surface area (Å²) in [6, 6.07) is 59.0. The van der Waals surface area contributed by atoms with Crippen molar-refractivity contribution in [3.8, 4) is 28.1 Å². The van der Waals surface area contributed by atoms with Gasteiger partial charge in [0.2, 0.25) is 0 Å². The highest BCUT2D eigenvalue weighted by molar-refractivity contribution is 6.16. The van der Waals surface area contributed by atoms with Gasteiger partial charge in [0, 0.05) is 38.5 Å². The van der Waals surface area contributed by atoms with Crippen LogP contribution >= 0.6 is 0 Å². The maximum atomic E-state index is 5.41. The molecule has 10 rings (SSSR count). The van der Waals surface area contributed by atoms with Crippen LogP contribution in [0.25, 0.3) is 71.4 Å². The van der Waals surface area contributed by atoms with E-state index in [0.29, 0.717) is 0 Å². The van der Waals surface area contributed by atoms with Gasteiger partial charge in [0.25, 0.3) is 0 Å². The van der Waals surface area contributed by atoms with Crippen LogP contribution in [0.4, 0.5) is 17.2 Å². The van der Waals surface area contributed by atoms with Crippen molar-refractivity contribution in [3.05, 3.63) is 164 Å². The molecule has 0 atom stereocenters. The number of hydrogen-bond acceptors (Lipinski definition) is 2. The Bertz CT molecular complexity index is 2660. The zero-order valence-corrected chi connectivity index (χ0v) is 24.9. The Hall–Kier alpha value is -6.19. The molecule has 2 aromatic heterocycles. The molecule has 7 aromatic carbocycles. The molecule has 0 saturated heterocycles. The quantitative estimate of drug-likeness (QED) is 0.188. The minimum atomic E-state index is 0.931. The molecular formula is C43H27N3. The van der Waals surface area contributed by atoms with E-state index in [1.807, 2.05) is 0 Å². The van der Waals surface area contributed by atoms with Crippen molar-refractivity contribution in [1.29, 1.82) is 0 Å². The lowest BCUT2D eigenvalue weighted by molar-refractivity contribution is 1.14. The zero-order valence-electron chi connectivity index (χ0n) is 24.9. The standard InChI is InChI=1S/C43H27N3/c1-2-14-29-27-30(26-25-28(29)13-1)45-38-22-10-6-18-34(38)41-35-19-7-11-23-39(35)46(40-24-12-8-20-36(40)42(41)45)43-33-17-4-3-15-31(33)32-16-5-9-21-37(32)44-43/h1-27H. The Morgan fingerprint density at radius 2 is 1.04 bits per heavy atom. The van der Waals surface area contributed by atoms with Gasteiger partial charge < -0.3 is 4.57 Å². The van der Waals surface area contributed by atoms with Crippen molar-refractivity contribution in [2.24, 2.45) is 0 Å². The van der Waals surface area contributed by atoms with Gasteiger partial charge in [-0.25, -0.2) is 4.98 Å². The normalized spacial score (nSPS) is 12.3. The Morgan fingerprint density at radius 3 is 1.89 bits per heavy atom. The summed E-state index contributed by atoms with van der Waals surface area (Å²) in [5.41, 5.74) is 10.3. The molecule has 0 saturated carbocycles. The SMILES string of the molecule is c1ccc2c(c1)-c1c(n(-c3ccc4ccccc4c3)c3ccccc13)-c1ccccc1N2c1nc2ccccc2c2ccccc12. The molecule has 3 heterocycles. The average molecular weight is 586 g/mol. The topological polar surface area (TPSA) is 21.1 Å². The molecule has 1 aliphatic rings. The van der Waals surface area contributed by atoms with E-state index in [4.69, 9.17) is 4.98 Å². The van der Waals surface area contributed by atoms with E-state index in [0.717, 1.165) is 44.7 Å². The molecule has 0 spiro atoms. The van der Waals surface area contributed by atoms with Crippen molar-refractivity contribution in [2.75, 3.05) is 4.90 Å². The average Bonchev–Trinajstić information content (AvgIpc) is 3.41. The minimum absolute atomic E-state index is 0.931. The van der Waals surface area contributed by atoms with Crippen LogP contribution in [0.5, 0.6) is 0 Å². The van der Waals surface area contributed by atoms with Crippen LogP contribution in [0.15, 0.2) is 164 Å². The van der Waals surface area contributed by atoms with Crippen LogP contribution in [-0.2, 0) is 0 Å². The summed E-state index contributed by atoms with van der Waals surface area (Å²) in [6.45, 7) is 0. The first-order valence-electron chi connectivity index (χ1n) is 15.7. The van der Waals surface area contributed by atoms with Gasteiger partial charge in [0.1, 0.15) is 5.82 Å². The van der Waals surface area contributed by atoms with Gasteiger partial charge in [-0.2, -0.15) is 0 Å². The molecule has 9 aromatic rings. The first kappa shape index (κ1) is 25.2. The second kappa shape index (κ2) is 9.65. The molecule has 0 amide bonds. The van der Waals surface area contributed by atoms with Crippen molar-refractivity contribution >= 4 is 60.5 Å². The van der Waals surface area contributed by atoms with Crippen LogP contribution in [0, 0.1) is 0 Å². The number of benzene rings is 7. The molecule has 0 fully saturated rings. The molecule has 0 aliphatic carbocycles. The van der Waals surface area contributed by atoms with Gasteiger partial charge in [-0.15, -0.1) is 0 Å². The number of fused-ring (bicyclic) bond motifs is 11.